The zero-order valence-electron chi connectivity index (χ0n) is 17.5. The zero-order valence-corrected chi connectivity index (χ0v) is 19.1. The largest absolute Gasteiger partial charge is 0.442 e. The third-order valence-electron chi connectivity index (χ3n) is 6.16. The van der Waals surface area contributed by atoms with Crippen LogP contribution in [0.4, 0.5) is 4.79 Å². The van der Waals surface area contributed by atoms with Crippen LogP contribution in [0.1, 0.15) is 24.8 Å². The summed E-state index contributed by atoms with van der Waals surface area (Å²) in [6, 6.07) is 12.1. The van der Waals surface area contributed by atoms with Crippen molar-refractivity contribution in [3.05, 3.63) is 46.3 Å². The molecule has 1 aromatic heterocycles. The predicted molar refractivity (Wildman–Crippen MR) is 125 cm³/mol. The van der Waals surface area contributed by atoms with E-state index in [1.54, 1.807) is 11.3 Å². The van der Waals surface area contributed by atoms with Crippen molar-refractivity contribution in [3.8, 4) is 10.4 Å². The average Bonchev–Trinajstić information content (AvgIpc) is 3.36. The van der Waals surface area contributed by atoms with E-state index in [4.69, 9.17) is 16.3 Å². The molecule has 0 aliphatic carbocycles. The van der Waals surface area contributed by atoms with E-state index >= 15 is 0 Å². The van der Waals surface area contributed by atoms with Gasteiger partial charge in [-0.05, 0) is 68.0 Å². The summed E-state index contributed by atoms with van der Waals surface area (Å²) in [5, 5.41) is 19.8. The van der Waals surface area contributed by atoms with Crippen molar-refractivity contribution >= 4 is 29.0 Å². The van der Waals surface area contributed by atoms with Crippen LogP contribution in [0.2, 0.25) is 4.34 Å². The molecule has 31 heavy (non-hydrogen) atoms. The fraction of sp³-hybridized carbons (Fsp3) is 0.522. The smallest absolute Gasteiger partial charge is 0.407 e. The first kappa shape index (κ1) is 22.6. The lowest BCUT2D eigenvalue weighted by Crippen LogP contribution is -2.42. The van der Waals surface area contributed by atoms with E-state index in [9.17, 15) is 9.90 Å². The minimum Gasteiger partial charge on any atom is -0.442 e. The summed E-state index contributed by atoms with van der Waals surface area (Å²) < 4.78 is 6.38. The molecule has 2 aliphatic rings. The van der Waals surface area contributed by atoms with Gasteiger partial charge in [0, 0.05) is 18.0 Å². The van der Waals surface area contributed by atoms with E-state index in [2.05, 4.69) is 40.2 Å². The topological polar surface area (TPSA) is 82.6 Å². The summed E-state index contributed by atoms with van der Waals surface area (Å²) in [7, 11) is 0. The van der Waals surface area contributed by atoms with E-state index in [1.165, 1.54) is 0 Å². The SMILES string of the molecule is O=C(NCCC1CCNCC1)O[C@@H]1[C@@H](O)CN[C@@H]1Cc1ccc(-c2ccc(Cl)s2)cc1. The van der Waals surface area contributed by atoms with Crippen molar-refractivity contribution in [3.63, 3.8) is 0 Å². The van der Waals surface area contributed by atoms with Gasteiger partial charge in [0.15, 0.2) is 0 Å². The first-order chi connectivity index (χ1) is 15.1. The number of carbonyl (C=O) groups is 1. The Morgan fingerprint density at radius 1 is 1.19 bits per heavy atom. The Balaban J connectivity index is 1.27. The lowest BCUT2D eigenvalue weighted by atomic mass is 9.95. The van der Waals surface area contributed by atoms with E-state index in [0.717, 1.165) is 52.7 Å². The van der Waals surface area contributed by atoms with Crippen molar-refractivity contribution in [2.45, 2.75) is 43.9 Å². The Morgan fingerprint density at radius 2 is 1.97 bits per heavy atom. The van der Waals surface area contributed by atoms with Crippen molar-refractivity contribution in [1.82, 2.24) is 16.0 Å². The molecule has 4 N–H and O–H groups in total. The molecule has 168 valence electrons. The van der Waals surface area contributed by atoms with Crippen LogP contribution in [-0.2, 0) is 11.2 Å². The number of β-amino-alcohol motifs (C(OH)–C–C–N with tert-alkyl or cyclic N) is 1. The summed E-state index contributed by atoms with van der Waals surface area (Å²) >= 11 is 7.59. The third-order valence-corrected chi connectivity index (χ3v) is 7.44. The quantitative estimate of drug-likeness (QED) is 0.505. The minimum absolute atomic E-state index is 0.118. The van der Waals surface area contributed by atoms with Crippen LogP contribution in [0.15, 0.2) is 36.4 Å². The number of halogens is 1. The van der Waals surface area contributed by atoms with Gasteiger partial charge < -0.3 is 25.8 Å². The Bertz CT molecular complexity index is 854. The van der Waals surface area contributed by atoms with Gasteiger partial charge in [-0.2, -0.15) is 0 Å². The maximum absolute atomic E-state index is 12.3. The minimum atomic E-state index is -0.701. The molecule has 0 radical (unpaired) electrons. The van der Waals surface area contributed by atoms with Crippen LogP contribution < -0.4 is 16.0 Å². The highest BCUT2D eigenvalue weighted by atomic mass is 35.5. The number of rotatable bonds is 7. The molecule has 4 rings (SSSR count). The Kier molecular flexibility index (Phi) is 7.85. The molecule has 2 saturated heterocycles. The molecule has 6 nitrogen and oxygen atoms in total. The van der Waals surface area contributed by atoms with Crippen molar-refractivity contribution in [2.24, 2.45) is 5.92 Å². The second-order valence-corrected chi connectivity index (χ2v) is 10.1. The van der Waals surface area contributed by atoms with Gasteiger partial charge in [-0.15, -0.1) is 11.3 Å². The lowest BCUT2D eigenvalue weighted by molar-refractivity contribution is 0.0188. The number of nitrogens with one attached hydrogen (secondary N) is 3. The Hall–Kier alpha value is -1.64. The highest BCUT2D eigenvalue weighted by Crippen LogP contribution is 2.31. The van der Waals surface area contributed by atoms with E-state index in [0.29, 0.717) is 25.4 Å². The number of piperidine rings is 1. The van der Waals surface area contributed by atoms with Gasteiger partial charge in [-0.1, -0.05) is 35.9 Å². The standard InChI is InChI=1S/C23H30ClN3O3S/c24-21-6-5-20(31-21)17-3-1-16(2-4-17)13-18-22(19(28)14-27-18)30-23(29)26-12-9-15-7-10-25-11-8-15/h1-6,15,18-19,22,25,27-28H,7-14H2,(H,26,29)/t18-,19+,22+/m1/s1. The number of hydrogen-bond acceptors (Lipinski definition) is 6. The van der Waals surface area contributed by atoms with Gasteiger partial charge in [0.05, 0.1) is 10.4 Å². The molecule has 0 spiro atoms. The molecule has 0 unspecified atom stereocenters. The van der Waals surface area contributed by atoms with E-state index < -0.39 is 18.3 Å². The van der Waals surface area contributed by atoms with Gasteiger partial charge in [0.1, 0.15) is 12.2 Å². The molecule has 1 aromatic carbocycles. The Morgan fingerprint density at radius 3 is 2.68 bits per heavy atom. The van der Waals surface area contributed by atoms with Gasteiger partial charge in [0.2, 0.25) is 0 Å². The lowest BCUT2D eigenvalue weighted by Gasteiger charge is -2.24. The molecule has 0 bridgehead atoms. The first-order valence-corrected chi connectivity index (χ1v) is 12.2. The Labute approximate surface area is 192 Å². The number of aliphatic hydroxyl groups excluding tert-OH is 1. The third kappa shape index (κ3) is 6.20. The molecule has 3 atom stereocenters. The summed E-state index contributed by atoms with van der Waals surface area (Å²) in [5.74, 6) is 0.654. The molecule has 2 fully saturated rings. The summed E-state index contributed by atoms with van der Waals surface area (Å²) in [4.78, 5) is 13.4. The number of aliphatic hydroxyl groups is 1. The number of alkyl carbamates (subject to hydrolysis) is 1. The fourth-order valence-corrected chi connectivity index (χ4v) is 5.41. The second kappa shape index (κ2) is 10.8. The molecular weight excluding hydrogens is 434 g/mol. The summed E-state index contributed by atoms with van der Waals surface area (Å²) in [6.07, 6.45) is 2.24. The molecule has 8 heteroatoms. The molecule has 3 heterocycles. The van der Waals surface area contributed by atoms with E-state index in [-0.39, 0.29) is 6.04 Å². The highest BCUT2D eigenvalue weighted by molar-refractivity contribution is 7.19. The number of amides is 1. The molecular formula is C23H30ClN3O3S. The van der Waals surface area contributed by atoms with Gasteiger partial charge in [-0.25, -0.2) is 4.79 Å². The normalized spacial score (nSPS) is 24.3. The maximum Gasteiger partial charge on any atom is 0.407 e. The first-order valence-electron chi connectivity index (χ1n) is 11.0. The van der Waals surface area contributed by atoms with Crippen LogP contribution in [0.3, 0.4) is 0 Å². The van der Waals surface area contributed by atoms with Gasteiger partial charge in [-0.3, -0.25) is 0 Å². The van der Waals surface area contributed by atoms with Crippen LogP contribution >= 0.6 is 22.9 Å². The molecule has 2 aromatic rings. The predicted octanol–water partition coefficient (Wildman–Crippen LogP) is 3.43. The average molecular weight is 464 g/mol. The molecule has 1 amide bonds. The van der Waals surface area contributed by atoms with Crippen molar-refractivity contribution in [2.75, 3.05) is 26.2 Å². The van der Waals surface area contributed by atoms with Crippen LogP contribution in [0.5, 0.6) is 0 Å². The van der Waals surface area contributed by atoms with E-state index in [1.807, 2.05) is 12.1 Å². The maximum atomic E-state index is 12.3. The summed E-state index contributed by atoms with van der Waals surface area (Å²) in [5.41, 5.74) is 2.25. The van der Waals surface area contributed by atoms with Crippen LogP contribution in [0, 0.1) is 5.92 Å². The number of carbonyl (C=O) groups excluding carboxylic acids is 1. The second-order valence-electron chi connectivity index (χ2n) is 8.37. The fourth-order valence-electron chi connectivity index (χ4n) is 4.36. The zero-order chi connectivity index (χ0) is 21.6. The number of benzene rings is 1. The number of ether oxygens (including phenoxy) is 1. The molecule has 0 saturated carbocycles. The molecule has 2 aliphatic heterocycles. The number of hydrogen-bond donors (Lipinski definition) is 4. The highest BCUT2D eigenvalue weighted by Gasteiger charge is 2.37. The van der Waals surface area contributed by atoms with Crippen molar-refractivity contribution < 1.29 is 14.6 Å². The van der Waals surface area contributed by atoms with Gasteiger partial charge >= 0.3 is 6.09 Å². The number of thiophene rings is 1. The van der Waals surface area contributed by atoms with Crippen LogP contribution in [0.25, 0.3) is 10.4 Å². The summed E-state index contributed by atoms with van der Waals surface area (Å²) in [6.45, 7) is 3.14. The van der Waals surface area contributed by atoms with Crippen LogP contribution in [-0.4, -0.2) is 55.6 Å². The van der Waals surface area contributed by atoms with Gasteiger partial charge in [0.25, 0.3) is 0 Å². The monoisotopic (exact) mass is 463 g/mol. The van der Waals surface area contributed by atoms with Crippen molar-refractivity contribution in [1.29, 1.82) is 0 Å².